The molecule has 24 heteroatoms. The maximum Gasteiger partial charge on any atom is 2.00 e. The van der Waals surface area contributed by atoms with Gasteiger partial charge in [0.1, 0.15) is 38.1 Å². The average Bonchev–Trinajstić information content (AvgIpc) is 1.59. The Morgan fingerprint density at radius 2 is 0.557 bits per heavy atom. The zero-order chi connectivity index (χ0) is 68.0. The summed E-state index contributed by atoms with van der Waals surface area (Å²) in [5, 5.41) is 0.553. The zero-order valence-electron chi connectivity index (χ0n) is 53.5. The molecule has 13 rings (SSSR count). The van der Waals surface area contributed by atoms with Crippen LogP contribution in [0.5, 0.6) is 46.0 Å². The molecular formula is C73H55Cl11N8O4Zn. The summed E-state index contributed by atoms with van der Waals surface area (Å²) in [7, 11) is 0. The Labute approximate surface area is 627 Å². The summed E-state index contributed by atoms with van der Waals surface area (Å²) in [6, 6.07) is 30.4. The van der Waals surface area contributed by atoms with E-state index in [9.17, 15) is 0 Å². The Kier molecular flexibility index (Phi) is 21.0. The molecule has 97 heavy (non-hydrogen) atoms. The van der Waals surface area contributed by atoms with Crippen molar-refractivity contribution in [1.82, 2.24) is 39.9 Å². The molecule has 3 aromatic heterocycles. The van der Waals surface area contributed by atoms with Crippen molar-refractivity contribution in [3.05, 3.63) is 180 Å². The summed E-state index contributed by atoms with van der Waals surface area (Å²) >= 11 is 83.2. The van der Waals surface area contributed by atoms with E-state index in [0.717, 1.165) is 47.9 Å². The number of ether oxygens (including phenoxy) is 4. The zero-order valence-corrected chi connectivity index (χ0v) is 64.7. The SMILES string of the molecule is CCC(C)c1ccccc1Oc1c(Cl)c(Cl)c2c(c1Cl)-c1nc-2nc2[n-]c(nc3nc(nc4[n-]c(n1)c1c(C)c(Cl)c(Oc5ccccc5C(C)CC)c(Cl)c41)-c1c(Cl)c(Cl)c(Oc4ccccc4C(C)CC)c(Cl)c1-3)c1c(Cl)c(Oc3ccccc3C(C)CC)c(Cl)c(Cl)c21.[Zn+2]. The number of hydrogen-bond acceptors (Lipinski definition) is 10. The third-order valence-electron chi connectivity index (χ3n) is 18.0. The molecule has 0 radical (unpaired) electrons. The number of nitrogens with zero attached hydrogens (tertiary/aromatic N) is 8. The topological polar surface area (TPSA) is 142 Å². The summed E-state index contributed by atoms with van der Waals surface area (Å²) in [5.41, 5.74) is 4.45. The van der Waals surface area contributed by atoms with Crippen LogP contribution < -0.4 is 28.9 Å². The predicted octanol–water partition coefficient (Wildman–Crippen LogP) is 26.8. The second-order valence-electron chi connectivity index (χ2n) is 23.7. The number of para-hydroxylation sites is 4. The van der Waals surface area contributed by atoms with Gasteiger partial charge in [-0.15, -0.1) is 0 Å². The van der Waals surface area contributed by atoms with Crippen molar-refractivity contribution >= 4 is 172 Å². The van der Waals surface area contributed by atoms with Gasteiger partial charge in [0.25, 0.3) is 0 Å². The Morgan fingerprint density at radius 3 is 0.876 bits per heavy atom. The summed E-state index contributed by atoms with van der Waals surface area (Å²) in [6.45, 7) is 18.5. The summed E-state index contributed by atoms with van der Waals surface area (Å²) in [4.78, 5) is 41.6. The van der Waals surface area contributed by atoms with Gasteiger partial charge in [-0.25, -0.2) is 9.97 Å². The van der Waals surface area contributed by atoms with Crippen LogP contribution in [0.15, 0.2) is 97.1 Å². The molecule has 8 bridgehead atoms. The fourth-order valence-electron chi connectivity index (χ4n) is 12.0. The molecule has 2 aliphatic rings. The van der Waals surface area contributed by atoms with Crippen LogP contribution in [0.1, 0.15) is 133 Å². The summed E-state index contributed by atoms with van der Waals surface area (Å²) < 4.78 is 27.1. The Morgan fingerprint density at radius 1 is 0.309 bits per heavy atom. The van der Waals surface area contributed by atoms with E-state index in [1.165, 1.54) is 0 Å². The molecule has 4 unspecified atom stereocenters. The van der Waals surface area contributed by atoms with Crippen LogP contribution in [0.3, 0.4) is 0 Å². The normalized spacial score (nSPS) is 13.1. The van der Waals surface area contributed by atoms with Crippen LogP contribution in [0.25, 0.3) is 89.7 Å². The first-order chi connectivity index (χ1) is 46.1. The third-order valence-corrected chi connectivity index (χ3v) is 22.4. The molecule has 8 aromatic carbocycles. The number of aryl methyl sites for hydroxylation is 1. The van der Waals surface area contributed by atoms with Gasteiger partial charge in [0.05, 0.1) is 63.5 Å². The number of hydrogen-bond donors (Lipinski definition) is 0. The Bertz CT molecular complexity index is 5240. The molecule has 490 valence electrons. The molecule has 12 nitrogen and oxygen atoms in total. The van der Waals surface area contributed by atoms with Crippen LogP contribution in [0.2, 0.25) is 55.2 Å². The van der Waals surface area contributed by atoms with Gasteiger partial charge >= 0.3 is 19.5 Å². The molecule has 0 saturated carbocycles. The van der Waals surface area contributed by atoms with E-state index in [0.29, 0.717) is 33.9 Å². The molecule has 2 aliphatic heterocycles. The van der Waals surface area contributed by atoms with E-state index < -0.39 is 0 Å². The van der Waals surface area contributed by atoms with Crippen molar-refractivity contribution in [1.29, 1.82) is 0 Å². The van der Waals surface area contributed by atoms with E-state index >= 15 is 0 Å². The van der Waals surface area contributed by atoms with Crippen LogP contribution in [0, 0.1) is 6.92 Å². The molecule has 0 fully saturated rings. The van der Waals surface area contributed by atoms with Crippen molar-refractivity contribution in [2.24, 2.45) is 0 Å². The van der Waals surface area contributed by atoms with Crippen LogP contribution in [-0.2, 0) is 19.5 Å². The maximum absolute atomic E-state index is 7.74. The molecule has 11 aromatic rings. The van der Waals surface area contributed by atoms with Gasteiger partial charge in [0.2, 0.25) is 0 Å². The maximum atomic E-state index is 7.74. The minimum atomic E-state index is -0.0947. The number of aromatic nitrogens is 8. The van der Waals surface area contributed by atoms with Gasteiger partial charge in [-0.3, -0.25) is 0 Å². The minimum absolute atomic E-state index is 0. The van der Waals surface area contributed by atoms with Gasteiger partial charge in [-0.2, -0.15) is 0 Å². The monoisotopic (exact) mass is 1560 g/mol. The van der Waals surface area contributed by atoms with E-state index in [-0.39, 0.29) is 206 Å². The first-order valence-corrected chi connectivity index (χ1v) is 35.2. The standard InChI is InChI=1S/C73H55Cl11N8O4.Zn/c1-10-30(5)35-22-14-18-26-39(35)93-62-51(74)34(9)43-44(55(62)78)67-85-66(43)86-71-48-45(52(75)59(82)63(56(48)79)94-40-27-19-15-23-36(40)31(6)11-2)69(89-71)88-70-47-50(58(81)65(61(84)54(47)77)96-42-29-21-17-25-38(42)33(8)13-4)73(91-70)92-72-49-46(68(87-67)90-72)53(76)60(83)64(57(49)80)95-41-28-20-16-24-37(41)32(7)12-3;/h14-33H,10-13H2,1-9H3;/q-2;+2. The largest absolute Gasteiger partial charge is 2.00 e. The Balaban J connectivity index is 0.00000897. The van der Waals surface area contributed by atoms with Crippen LogP contribution in [-0.4, -0.2) is 29.9 Å². The molecular weight excluding hydrogens is 1510 g/mol. The van der Waals surface area contributed by atoms with E-state index in [4.69, 9.17) is 186 Å². The van der Waals surface area contributed by atoms with Gasteiger partial charge in [0.15, 0.2) is 23.0 Å². The smallest absolute Gasteiger partial charge is 0.454 e. The number of halogens is 11. The predicted molar refractivity (Wildman–Crippen MR) is 395 cm³/mol. The molecule has 0 amide bonds. The Hall–Kier alpha value is -5.87. The number of rotatable bonds is 16. The number of benzene rings is 8. The molecule has 0 aliphatic carbocycles. The fraction of sp³-hybridized carbons (Fsp3) is 0.233. The number of fused-ring (bicyclic) bond motifs is 20. The fourth-order valence-corrected chi connectivity index (χ4v) is 15.1. The molecule has 4 atom stereocenters. The van der Waals surface area contributed by atoms with E-state index in [1.807, 2.05) is 97.1 Å². The van der Waals surface area contributed by atoms with Crippen molar-refractivity contribution in [2.45, 2.75) is 112 Å². The first-order valence-electron chi connectivity index (χ1n) is 31.0. The quantitative estimate of drug-likeness (QED) is 0.0671. The summed E-state index contributed by atoms with van der Waals surface area (Å²) in [5.74, 6) is 2.17. The van der Waals surface area contributed by atoms with Crippen molar-refractivity contribution in [3.8, 4) is 91.5 Å². The first kappa shape index (κ1) is 71.0. The van der Waals surface area contributed by atoms with Gasteiger partial charge < -0.3 is 48.9 Å². The average molecular weight is 1560 g/mol. The second-order valence-corrected chi connectivity index (χ2v) is 27.8. The van der Waals surface area contributed by atoms with Gasteiger partial charge in [-0.05, 0) is 108 Å². The molecule has 0 spiro atoms. The van der Waals surface area contributed by atoms with Crippen molar-refractivity contribution < 1.29 is 38.4 Å². The van der Waals surface area contributed by atoms with Gasteiger partial charge in [0, 0.05) is 66.4 Å². The molecule has 0 N–H and O–H groups in total. The second kappa shape index (κ2) is 28.6. The molecule has 0 saturated heterocycles. The van der Waals surface area contributed by atoms with Gasteiger partial charge in [-0.1, -0.05) is 256 Å². The van der Waals surface area contributed by atoms with Crippen LogP contribution in [0.4, 0.5) is 0 Å². The van der Waals surface area contributed by atoms with E-state index in [2.05, 4.69) is 55.4 Å². The van der Waals surface area contributed by atoms with Crippen LogP contribution >= 0.6 is 128 Å². The summed E-state index contributed by atoms with van der Waals surface area (Å²) in [6.07, 6.45) is 3.23. The van der Waals surface area contributed by atoms with E-state index in [1.54, 1.807) is 6.92 Å². The minimum Gasteiger partial charge on any atom is -0.454 e. The third kappa shape index (κ3) is 12.3. The molecule has 5 heterocycles. The van der Waals surface area contributed by atoms with Crippen molar-refractivity contribution in [3.63, 3.8) is 0 Å². The van der Waals surface area contributed by atoms with Crippen molar-refractivity contribution in [2.75, 3.05) is 0 Å².